The summed E-state index contributed by atoms with van der Waals surface area (Å²) < 4.78 is 40.7. The summed E-state index contributed by atoms with van der Waals surface area (Å²) in [6.07, 6.45) is 0.257. The highest BCUT2D eigenvalue weighted by Crippen LogP contribution is 2.36. The van der Waals surface area contributed by atoms with Crippen LogP contribution in [0.25, 0.3) is 22.2 Å². The van der Waals surface area contributed by atoms with E-state index < -0.39 is 15.9 Å². The van der Waals surface area contributed by atoms with Gasteiger partial charge in [0.1, 0.15) is 35.7 Å². The number of nitrogens with zero attached hydrogens (tertiary/aromatic N) is 2. The van der Waals surface area contributed by atoms with E-state index in [1.165, 1.54) is 0 Å². The Hall–Kier alpha value is -3.71. The molecule has 0 saturated heterocycles. The minimum absolute atomic E-state index is 0.101. The van der Waals surface area contributed by atoms with Gasteiger partial charge in [-0.05, 0) is 51.8 Å². The van der Waals surface area contributed by atoms with E-state index in [9.17, 15) is 13.5 Å². The summed E-state index contributed by atoms with van der Waals surface area (Å²) in [5, 5.41) is 30.4. The maximum absolute atomic E-state index is 11.8. The standard InChI is InChI=1S/C31H29Cl2N3O7S/c1-44(39,40)24-8-6-20(7-9-24)25-4-2-3-21(31(25)33)18-42-30-13-29(22(12-26(30)32)14-34-15-23(38)16-37)41-17-19-5-10-27-28(11-19)36-43-35-27/h2-13,23,34,37-38H,14-18H2,1H3. The van der Waals surface area contributed by atoms with Crippen molar-refractivity contribution in [1.82, 2.24) is 15.6 Å². The Balaban J connectivity index is 1.35. The van der Waals surface area contributed by atoms with Crippen molar-refractivity contribution >= 4 is 44.1 Å². The van der Waals surface area contributed by atoms with Gasteiger partial charge in [0.15, 0.2) is 9.84 Å². The molecule has 0 bridgehead atoms. The molecule has 230 valence electrons. The van der Waals surface area contributed by atoms with Crippen molar-refractivity contribution in [3.05, 3.63) is 99.5 Å². The molecule has 0 saturated carbocycles. The van der Waals surface area contributed by atoms with Crippen molar-refractivity contribution in [1.29, 1.82) is 0 Å². The van der Waals surface area contributed by atoms with E-state index in [2.05, 4.69) is 15.6 Å². The zero-order valence-electron chi connectivity index (χ0n) is 23.5. The van der Waals surface area contributed by atoms with Crippen LogP contribution in [0.3, 0.4) is 0 Å². The summed E-state index contributed by atoms with van der Waals surface area (Å²) in [5.74, 6) is 0.871. The summed E-state index contributed by atoms with van der Waals surface area (Å²) in [5.41, 5.74) is 5.00. The monoisotopic (exact) mass is 657 g/mol. The van der Waals surface area contributed by atoms with Gasteiger partial charge >= 0.3 is 0 Å². The molecule has 1 atom stereocenters. The molecular weight excluding hydrogens is 629 g/mol. The fourth-order valence-corrected chi connectivity index (χ4v) is 5.59. The molecule has 0 radical (unpaired) electrons. The Labute approximate surface area is 264 Å². The molecule has 3 N–H and O–H groups in total. The molecule has 0 amide bonds. The van der Waals surface area contributed by atoms with E-state index in [-0.39, 0.29) is 31.3 Å². The maximum Gasteiger partial charge on any atom is 0.175 e. The van der Waals surface area contributed by atoms with Crippen LogP contribution >= 0.6 is 23.2 Å². The second-order valence-corrected chi connectivity index (χ2v) is 12.9. The van der Waals surface area contributed by atoms with E-state index >= 15 is 0 Å². The van der Waals surface area contributed by atoms with Crippen molar-refractivity contribution in [2.24, 2.45) is 0 Å². The summed E-state index contributed by atoms with van der Waals surface area (Å²) >= 11 is 13.4. The Morgan fingerprint density at radius 3 is 2.41 bits per heavy atom. The number of ether oxygens (including phenoxy) is 2. The van der Waals surface area contributed by atoms with Crippen molar-refractivity contribution in [2.45, 2.75) is 30.8 Å². The average molecular weight is 659 g/mol. The normalized spacial score (nSPS) is 12.4. The van der Waals surface area contributed by atoms with Crippen LogP contribution in [-0.2, 0) is 29.6 Å². The lowest BCUT2D eigenvalue weighted by atomic mass is 10.0. The lowest BCUT2D eigenvalue weighted by Crippen LogP contribution is -2.29. The smallest absolute Gasteiger partial charge is 0.175 e. The summed E-state index contributed by atoms with van der Waals surface area (Å²) in [7, 11) is -3.32. The number of hydrogen-bond donors (Lipinski definition) is 3. The molecule has 44 heavy (non-hydrogen) atoms. The highest BCUT2D eigenvalue weighted by Gasteiger charge is 2.16. The third kappa shape index (κ3) is 7.68. The van der Waals surface area contributed by atoms with E-state index in [0.29, 0.717) is 50.2 Å². The number of aliphatic hydroxyl groups is 2. The zero-order chi connectivity index (χ0) is 31.3. The topological polar surface area (TPSA) is 144 Å². The predicted molar refractivity (Wildman–Crippen MR) is 167 cm³/mol. The van der Waals surface area contributed by atoms with E-state index in [4.69, 9.17) is 42.4 Å². The van der Waals surface area contributed by atoms with Crippen LogP contribution in [0.2, 0.25) is 10.0 Å². The molecule has 5 aromatic rings. The molecule has 5 rings (SSSR count). The number of hydrogen-bond acceptors (Lipinski definition) is 10. The number of fused-ring (bicyclic) bond motifs is 1. The largest absolute Gasteiger partial charge is 0.488 e. The molecule has 0 fully saturated rings. The summed E-state index contributed by atoms with van der Waals surface area (Å²) in [6.45, 7) is 0.433. The first-order valence-corrected chi connectivity index (χ1v) is 16.1. The Bertz CT molecular complexity index is 1860. The number of aliphatic hydroxyl groups excluding tert-OH is 2. The molecule has 0 aliphatic heterocycles. The molecule has 13 heteroatoms. The minimum Gasteiger partial charge on any atom is -0.488 e. The minimum atomic E-state index is -3.32. The zero-order valence-corrected chi connectivity index (χ0v) is 25.9. The van der Waals surface area contributed by atoms with Crippen molar-refractivity contribution in [2.75, 3.05) is 19.4 Å². The van der Waals surface area contributed by atoms with Crippen molar-refractivity contribution < 1.29 is 32.7 Å². The van der Waals surface area contributed by atoms with Gasteiger partial charge in [0.2, 0.25) is 0 Å². The predicted octanol–water partition coefficient (Wildman–Crippen LogP) is 5.20. The first-order valence-electron chi connectivity index (χ1n) is 13.5. The quantitative estimate of drug-likeness (QED) is 0.154. The molecular formula is C31H29Cl2N3O7S. The number of nitrogens with one attached hydrogen (secondary N) is 1. The van der Waals surface area contributed by atoms with Gasteiger partial charge in [-0.25, -0.2) is 13.0 Å². The summed E-state index contributed by atoms with van der Waals surface area (Å²) in [4.78, 5) is 0.225. The third-order valence-electron chi connectivity index (χ3n) is 6.79. The Morgan fingerprint density at radius 2 is 1.66 bits per heavy atom. The van der Waals surface area contributed by atoms with Crippen molar-refractivity contribution in [3.63, 3.8) is 0 Å². The van der Waals surface area contributed by atoms with Gasteiger partial charge in [-0.2, -0.15) is 0 Å². The molecule has 1 aromatic heterocycles. The lowest BCUT2D eigenvalue weighted by molar-refractivity contribution is 0.0941. The van der Waals surface area contributed by atoms with E-state index in [1.807, 2.05) is 30.3 Å². The molecule has 0 aliphatic carbocycles. The van der Waals surface area contributed by atoms with Crippen LogP contribution in [0.15, 0.2) is 82.3 Å². The number of sulfone groups is 1. The van der Waals surface area contributed by atoms with E-state index in [0.717, 1.165) is 22.9 Å². The Kier molecular flexibility index (Phi) is 10.0. The fraction of sp³-hybridized carbons (Fsp3) is 0.226. The Morgan fingerprint density at radius 1 is 0.909 bits per heavy atom. The molecule has 10 nitrogen and oxygen atoms in total. The maximum atomic E-state index is 11.8. The highest BCUT2D eigenvalue weighted by molar-refractivity contribution is 7.90. The van der Waals surface area contributed by atoms with Gasteiger partial charge in [0.05, 0.1) is 27.7 Å². The number of benzene rings is 4. The summed E-state index contributed by atoms with van der Waals surface area (Å²) in [6, 6.07) is 20.9. The van der Waals surface area contributed by atoms with Crippen LogP contribution in [0.4, 0.5) is 0 Å². The number of halogens is 2. The van der Waals surface area contributed by atoms with Gasteiger partial charge in [-0.1, -0.05) is 59.6 Å². The van der Waals surface area contributed by atoms with Gasteiger partial charge in [-0.15, -0.1) is 0 Å². The first-order chi connectivity index (χ1) is 21.1. The molecule has 0 aliphatic rings. The first kappa shape index (κ1) is 31.7. The SMILES string of the molecule is CS(=O)(=O)c1ccc(-c2cccc(COc3cc(OCc4ccc5nonc5c4)c(CNCC(O)CO)cc3Cl)c2Cl)cc1. The fourth-order valence-electron chi connectivity index (χ4n) is 4.43. The van der Waals surface area contributed by atoms with E-state index in [1.54, 1.807) is 42.5 Å². The van der Waals surface area contributed by atoms with Gasteiger partial charge in [0, 0.05) is 42.1 Å². The molecule has 1 unspecified atom stereocenters. The number of aromatic nitrogens is 2. The van der Waals surface area contributed by atoms with Crippen LogP contribution in [-0.4, -0.2) is 54.5 Å². The second kappa shape index (κ2) is 13.9. The van der Waals surface area contributed by atoms with Gasteiger partial charge in [0.25, 0.3) is 0 Å². The van der Waals surface area contributed by atoms with Crippen LogP contribution in [0, 0.1) is 0 Å². The molecule has 4 aromatic carbocycles. The van der Waals surface area contributed by atoms with Crippen LogP contribution in [0.5, 0.6) is 11.5 Å². The van der Waals surface area contributed by atoms with Gasteiger partial charge in [-0.3, -0.25) is 0 Å². The van der Waals surface area contributed by atoms with Crippen molar-refractivity contribution in [3.8, 4) is 22.6 Å². The third-order valence-corrected chi connectivity index (χ3v) is 8.66. The number of rotatable bonds is 13. The van der Waals surface area contributed by atoms with Gasteiger partial charge < -0.3 is 25.0 Å². The average Bonchev–Trinajstić information content (AvgIpc) is 3.48. The highest BCUT2D eigenvalue weighted by atomic mass is 35.5. The molecule has 0 spiro atoms. The van der Waals surface area contributed by atoms with Crippen LogP contribution in [0.1, 0.15) is 16.7 Å². The second-order valence-electron chi connectivity index (χ2n) is 10.1. The van der Waals surface area contributed by atoms with Crippen LogP contribution < -0.4 is 14.8 Å². The lowest BCUT2D eigenvalue weighted by Gasteiger charge is -2.17. The molecule has 1 heterocycles.